The standard InChI is InChI=1S/C14H13NO3S/c16-13(15-8-7-12-2-1-9-19-12)10-3-5-11(6-4-10)14(17)18/h1-6,9H,7-8H2,(H,15,16)(H,17,18). The number of carbonyl (C=O) groups excluding carboxylic acids is 1. The molecule has 2 N–H and O–H groups in total. The Balaban J connectivity index is 1.87. The third kappa shape index (κ3) is 3.66. The van der Waals surface area contributed by atoms with E-state index in [1.807, 2.05) is 17.5 Å². The van der Waals surface area contributed by atoms with Gasteiger partial charge in [0.05, 0.1) is 5.56 Å². The SMILES string of the molecule is O=C(O)c1ccc(C(=O)NCCc2cccs2)cc1. The van der Waals surface area contributed by atoms with Gasteiger partial charge < -0.3 is 10.4 Å². The topological polar surface area (TPSA) is 66.4 Å². The average molecular weight is 275 g/mol. The van der Waals surface area contributed by atoms with Crippen LogP contribution in [0.2, 0.25) is 0 Å². The van der Waals surface area contributed by atoms with E-state index in [-0.39, 0.29) is 11.5 Å². The highest BCUT2D eigenvalue weighted by molar-refractivity contribution is 7.09. The van der Waals surface area contributed by atoms with Gasteiger partial charge in [-0.05, 0) is 42.1 Å². The van der Waals surface area contributed by atoms with E-state index in [9.17, 15) is 9.59 Å². The van der Waals surface area contributed by atoms with E-state index in [4.69, 9.17) is 5.11 Å². The minimum absolute atomic E-state index is 0.176. The molecule has 2 aromatic rings. The van der Waals surface area contributed by atoms with Gasteiger partial charge in [0.25, 0.3) is 5.91 Å². The van der Waals surface area contributed by atoms with Gasteiger partial charge in [0.1, 0.15) is 0 Å². The molecule has 0 aliphatic carbocycles. The van der Waals surface area contributed by atoms with E-state index in [0.717, 1.165) is 6.42 Å². The summed E-state index contributed by atoms with van der Waals surface area (Å²) in [6.45, 7) is 0.569. The first-order chi connectivity index (χ1) is 9.16. The van der Waals surface area contributed by atoms with Crippen LogP contribution in [0.5, 0.6) is 0 Å². The maximum absolute atomic E-state index is 11.8. The van der Waals surface area contributed by atoms with Gasteiger partial charge >= 0.3 is 5.97 Å². The number of carboxylic acid groups (broad SMARTS) is 1. The van der Waals surface area contributed by atoms with Crippen LogP contribution in [0.3, 0.4) is 0 Å². The summed E-state index contributed by atoms with van der Waals surface area (Å²) in [5.41, 5.74) is 0.645. The molecular formula is C14H13NO3S. The highest BCUT2D eigenvalue weighted by atomic mass is 32.1. The number of benzene rings is 1. The zero-order valence-electron chi connectivity index (χ0n) is 10.1. The van der Waals surface area contributed by atoms with Crippen molar-refractivity contribution < 1.29 is 14.7 Å². The average Bonchev–Trinajstić information content (AvgIpc) is 2.92. The lowest BCUT2D eigenvalue weighted by Gasteiger charge is -2.04. The van der Waals surface area contributed by atoms with Gasteiger partial charge in [-0.2, -0.15) is 0 Å². The number of hydrogen-bond acceptors (Lipinski definition) is 3. The van der Waals surface area contributed by atoms with E-state index in [2.05, 4.69) is 5.32 Å². The van der Waals surface area contributed by atoms with Crippen molar-refractivity contribution in [3.05, 3.63) is 57.8 Å². The predicted octanol–water partition coefficient (Wildman–Crippen LogP) is 2.42. The molecule has 98 valence electrons. The van der Waals surface area contributed by atoms with Crippen molar-refractivity contribution in [2.24, 2.45) is 0 Å². The highest BCUT2D eigenvalue weighted by Gasteiger charge is 2.07. The molecule has 0 saturated carbocycles. The first kappa shape index (κ1) is 13.3. The zero-order valence-corrected chi connectivity index (χ0v) is 10.9. The Morgan fingerprint density at radius 3 is 2.37 bits per heavy atom. The monoisotopic (exact) mass is 275 g/mol. The summed E-state index contributed by atoms with van der Waals surface area (Å²) in [5.74, 6) is -1.18. The van der Waals surface area contributed by atoms with Gasteiger partial charge in [-0.15, -0.1) is 11.3 Å². The maximum Gasteiger partial charge on any atom is 0.335 e. The van der Waals surface area contributed by atoms with Gasteiger partial charge in [-0.1, -0.05) is 6.07 Å². The second kappa shape index (κ2) is 6.15. The molecule has 19 heavy (non-hydrogen) atoms. The zero-order chi connectivity index (χ0) is 13.7. The summed E-state index contributed by atoms with van der Waals surface area (Å²) in [4.78, 5) is 23.7. The van der Waals surface area contributed by atoms with E-state index in [0.29, 0.717) is 12.1 Å². The third-order valence-corrected chi connectivity index (χ3v) is 3.57. The fraction of sp³-hybridized carbons (Fsp3) is 0.143. The number of thiophene rings is 1. The molecule has 0 unspecified atom stereocenters. The number of nitrogens with one attached hydrogen (secondary N) is 1. The van der Waals surface area contributed by atoms with Gasteiger partial charge in [0.2, 0.25) is 0 Å². The third-order valence-electron chi connectivity index (χ3n) is 2.63. The molecule has 0 saturated heterocycles. The van der Waals surface area contributed by atoms with Crippen molar-refractivity contribution >= 4 is 23.2 Å². The molecule has 0 aliphatic rings. The van der Waals surface area contributed by atoms with E-state index >= 15 is 0 Å². The summed E-state index contributed by atoms with van der Waals surface area (Å²) in [6.07, 6.45) is 0.802. The molecule has 0 fully saturated rings. The minimum atomic E-state index is -0.996. The molecule has 0 radical (unpaired) electrons. The number of rotatable bonds is 5. The van der Waals surface area contributed by atoms with Crippen molar-refractivity contribution in [1.82, 2.24) is 5.32 Å². The van der Waals surface area contributed by atoms with Crippen molar-refractivity contribution in [2.45, 2.75) is 6.42 Å². The van der Waals surface area contributed by atoms with Crippen LogP contribution >= 0.6 is 11.3 Å². The Hall–Kier alpha value is -2.14. The van der Waals surface area contributed by atoms with E-state index < -0.39 is 5.97 Å². The molecule has 2 rings (SSSR count). The Morgan fingerprint density at radius 1 is 1.11 bits per heavy atom. The summed E-state index contributed by atoms with van der Waals surface area (Å²) in [6, 6.07) is 9.89. The van der Waals surface area contributed by atoms with Crippen LogP contribution < -0.4 is 5.32 Å². The molecular weight excluding hydrogens is 262 g/mol. The van der Waals surface area contributed by atoms with Crippen LogP contribution in [0.1, 0.15) is 25.6 Å². The van der Waals surface area contributed by atoms with Crippen molar-refractivity contribution in [3.63, 3.8) is 0 Å². The second-order valence-electron chi connectivity index (χ2n) is 3.97. The van der Waals surface area contributed by atoms with Crippen LogP contribution in [0.25, 0.3) is 0 Å². The fourth-order valence-electron chi connectivity index (χ4n) is 1.62. The maximum atomic E-state index is 11.8. The number of carboxylic acids is 1. The fourth-order valence-corrected chi connectivity index (χ4v) is 2.33. The summed E-state index contributed by atoms with van der Waals surface area (Å²) in [5, 5.41) is 13.6. The summed E-state index contributed by atoms with van der Waals surface area (Å²) >= 11 is 1.66. The van der Waals surface area contributed by atoms with Crippen molar-refractivity contribution in [1.29, 1.82) is 0 Å². The molecule has 4 nitrogen and oxygen atoms in total. The number of carbonyl (C=O) groups is 2. The number of amides is 1. The molecule has 0 atom stereocenters. The van der Waals surface area contributed by atoms with Gasteiger partial charge in [-0.3, -0.25) is 4.79 Å². The highest BCUT2D eigenvalue weighted by Crippen LogP contribution is 2.08. The lowest BCUT2D eigenvalue weighted by Crippen LogP contribution is -2.25. The molecule has 1 aromatic heterocycles. The van der Waals surface area contributed by atoms with E-state index in [1.54, 1.807) is 11.3 Å². The van der Waals surface area contributed by atoms with Crippen molar-refractivity contribution in [2.75, 3.05) is 6.54 Å². The van der Waals surface area contributed by atoms with Crippen LogP contribution in [-0.2, 0) is 6.42 Å². The smallest absolute Gasteiger partial charge is 0.335 e. The first-order valence-corrected chi connectivity index (χ1v) is 6.69. The molecule has 0 bridgehead atoms. The first-order valence-electron chi connectivity index (χ1n) is 5.81. The van der Waals surface area contributed by atoms with Crippen LogP contribution in [-0.4, -0.2) is 23.5 Å². The lowest BCUT2D eigenvalue weighted by molar-refractivity contribution is 0.0696. The number of hydrogen-bond donors (Lipinski definition) is 2. The summed E-state index contributed by atoms with van der Waals surface area (Å²) < 4.78 is 0. The second-order valence-corrected chi connectivity index (χ2v) is 5.00. The minimum Gasteiger partial charge on any atom is -0.478 e. The number of aromatic carboxylic acids is 1. The largest absolute Gasteiger partial charge is 0.478 e. The van der Waals surface area contributed by atoms with Gasteiger partial charge in [-0.25, -0.2) is 4.79 Å². The van der Waals surface area contributed by atoms with Crippen molar-refractivity contribution in [3.8, 4) is 0 Å². The molecule has 0 aliphatic heterocycles. The summed E-state index contributed by atoms with van der Waals surface area (Å²) in [7, 11) is 0. The Morgan fingerprint density at radius 2 is 1.79 bits per heavy atom. The Labute approximate surface area is 114 Å². The van der Waals surface area contributed by atoms with E-state index in [1.165, 1.54) is 29.1 Å². The molecule has 1 amide bonds. The van der Waals surface area contributed by atoms with Crippen LogP contribution in [0.4, 0.5) is 0 Å². The normalized spacial score (nSPS) is 10.1. The molecule has 1 heterocycles. The Bertz CT molecular complexity index is 561. The molecule has 0 spiro atoms. The predicted molar refractivity (Wildman–Crippen MR) is 73.8 cm³/mol. The van der Waals surface area contributed by atoms with Crippen LogP contribution in [0, 0.1) is 0 Å². The lowest BCUT2D eigenvalue weighted by atomic mass is 10.1. The quantitative estimate of drug-likeness (QED) is 0.880. The molecule has 1 aromatic carbocycles. The van der Waals surface area contributed by atoms with Gasteiger partial charge in [0, 0.05) is 17.0 Å². The van der Waals surface area contributed by atoms with Gasteiger partial charge in [0.15, 0.2) is 0 Å². The van der Waals surface area contributed by atoms with Crippen LogP contribution in [0.15, 0.2) is 41.8 Å². The Kier molecular flexibility index (Phi) is 4.30. The molecule has 5 heteroatoms.